The van der Waals surface area contributed by atoms with E-state index < -0.39 is 0 Å². The number of aliphatic hydroxyl groups excluding tert-OH is 1. The van der Waals surface area contributed by atoms with Crippen LogP contribution in [0.3, 0.4) is 0 Å². The number of benzene rings is 1. The average molecular weight is 264 g/mol. The van der Waals surface area contributed by atoms with E-state index in [-0.39, 0.29) is 17.9 Å². The van der Waals surface area contributed by atoms with Crippen LogP contribution >= 0.6 is 0 Å². The second-order valence-electron chi connectivity index (χ2n) is 5.69. The van der Waals surface area contributed by atoms with Crippen LogP contribution in [0.5, 0.6) is 0 Å². The highest BCUT2D eigenvalue weighted by Crippen LogP contribution is 2.20. The van der Waals surface area contributed by atoms with E-state index >= 15 is 0 Å². The van der Waals surface area contributed by atoms with Crippen molar-refractivity contribution < 1.29 is 9.90 Å². The van der Waals surface area contributed by atoms with Gasteiger partial charge in [0.25, 0.3) is 0 Å². The van der Waals surface area contributed by atoms with E-state index in [0.29, 0.717) is 18.7 Å². The number of carbonyl (C=O) groups excluding carboxylic acids is 1. The topological polar surface area (TPSA) is 75.3 Å². The highest BCUT2D eigenvalue weighted by atomic mass is 16.2. The van der Waals surface area contributed by atoms with Gasteiger partial charge in [-0.25, -0.2) is 0 Å². The Kier molecular flexibility index (Phi) is 5.83. The summed E-state index contributed by atoms with van der Waals surface area (Å²) in [7, 11) is 0. The molecule has 0 fully saturated rings. The lowest BCUT2D eigenvalue weighted by Crippen LogP contribution is -2.35. The summed E-state index contributed by atoms with van der Waals surface area (Å²) in [6.45, 7) is 5.00. The van der Waals surface area contributed by atoms with E-state index in [4.69, 9.17) is 10.8 Å². The zero-order valence-electron chi connectivity index (χ0n) is 11.8. The molecule has 4 N–H and O–H groups in total. The van der Waals surface area contributed by atoms with E-state index in [1.165, 1.54) is 0 Å². The van der Waals surface area contributed by atoms with Crippen LogP contribution in [-0.2, 0) is 11.2 Å². The molecule has 1 aromatic carbocycles. The fourth-order valence-corrected chi connectivity index (χ4v) is 1.87. The fraction of sp³-hybridized carbons (Fsp3) is 0.533. The summed E-state index contributed by atoms with van der Waals surface area (Å²) >= 11 is 0. The van der Waals surface area contributed by atoms with Gasteiger partial charge in [0, 0.05) is 18.8 Å². The molecule has 0 saturated heterocycles. The van der Waals surface area contributed by atoms with Gasteiger partial charge in [-0.1, -0.05) is 26.0 Å². The van der Waals surface area contributed by atoms with Gasteiger partial charge in [0.05, 0.1) is 6.42 Å². The second kappa shape index (κ2) is 7.14. The molecule has 0 saturated carbocycles. The largest absolute Gasteiger partial charge is 0.399 e. The molecule has 4 nitrogen and oxygen atoms in total. The quantitative estimate of drug-likeness (QED) is 0.656. The van der Waals surface area contributed by atoms with Gasteiger partial charge in [0.15, 0.2) is 0 Å². The lowest BCUT2D eigenvalue weighted by Gasteiger charge is -2.24. The van der Waals surface area contributed by atoms with Crippen molar-refractivity contribution in [3.63, 3.8) is 0 Å². The van der Waals surface area contributed by atoms with Crippen LogP contribution in [0.2, 0.25) is 0 Å². The summed E-state index contributed by atoms with van der Waals surface area (Å²) in [6, 6.07) is 7.33. The van der Waals surface area contributed by atoms with Crippen LogP contribution < -0.4 is 11.1 Å². The Morgan fingerprint density at radius 3 is 2.53 bits per heavy atom. The molecule has 0 aliphatic heterocycles. The number of hydrogen-bond donors (Lipinski definition) is 3. The van der Waals surface area contributed by atoms with Gasteiger partial charge in [-0.15, -0.1) is 0 Å². The maximum atomic E-state index is 11.8. The zero-order valence-corrected chi connectivity index (χ0v) is 11.8. The minimum Gasteiger partial charge on any atom is -0.399 e. The molecule has 1 rings (SSSR count). The molecule has 0 radical (unpaired) electrons. The van der Waals surface area contributed by atoms with Crippen LogP contribution in [0, 0.1) is 5.41 Å². The number of aliphatic hydroxyl groups is 1. The van der Waals surface area contributed by atoms with Crippen LogP contribution in [0.1, 0.15) is 32.3 Å². The molecule has 0 aliphatic rings. The summed E-state index contributed by atoms with van der Waals surface area (Å²) in [6.07, 6.45) is 2.03. The fourth-order valence-electron chi connectivity index (χ4n) is 1.87. The number of nitrogen functional groups attached to an aromatic ring is 1. The Morgan fingerprint density at radius 2 is 1.95 bits per heavy atom. The molecule has 0 heterocycles. The first-order valence-electron chi connectivity index (χ1n) is 6.65. The Morgan fingerprint density at radius 1 is 1.32 bits per heavy atom. The van der Waals surface area contributed by atoms with Gasteiger partial charge in [0.1, 0.15) is 0 Å². The third-order valence-electron chi connectivity index (χ3n) is 3.12. The number of anilines is 1. The predicted molar refractivity (Wildman–Crippen MR) is 77.7 cm³/mol. The first-order valence-corrected chi connectivity index (χ1v) is 6.65. The van der Waals surface area contributed by atoms with Crippen molar-refractivity contribution in [1.29, 1.82) is 0 Å². The molecule has 1 aromatic rings. The number of nitrogens with two attached hydrogens (primary N) is 1. The first-order chi connectivity index (χ1) is 8.93. The smallest absolute Gasteiger partial charge is 0.224 e. The summed E-state index contributed by atoms with van der Waals surface area (Å²) in [5.74, 6) is 0.0156. The van der Waals surface area contributed by atoms with E-state index in [0.717, 1.165) is 18.4 Å². The number of nitrogens with one attached hydrogen (secondary N) is 1. The molecular formula is C15H24N2O2. The standard InChI is InChI=1S/C15H24N2O2/c1-15(2,8-3-9-18)11-17-14(19)10-12-4-6-13(16)7-5-12/h4-7,18H,3,8-11,16H2,1-2H3,(H,17,19). The van der Waals surface area contributed by atoms with Gasteiger partial charge in [0.2, 0.25) is 5.91 Å². The zero-order chi connectivity index (χ0) is 14.3. The highest BCUT2D eigenvalue weighted by Gasteiger charge is 2.18. The monoisotopic (exact) mass is 264 g/mol. The molecule has 19 heavy (non-hydrogen) atoms. The summed E-state index contributed by atoms with van der Waals surface area (Å²) < 4.78 is 0. The van der Waals surface area contributed by atoms with Crippen molar-refractivity contribution in [1.82, 2.24) is 5.32 Å². The summed E-state index contributed by atoms with van der Waals surface area (Å²) in [4.78, 5) is 11.8. The molecular weight excluding hydrogens is 240 g/mol. The number of hydrogen-bond acceptors (Lipinski definition) is 3. The van der Waals surface area contributed by atoms with E-state index in [2.05, 4.69) is 19.2 Å². The third kappa shape index (κ3) is 6.25. The molecule has 0 aliphatic carbocycles. The number of amides is 1. The van der Waals surface area contributed by atoms with Crippen molar-refractivity contribution in [2.24, 2.45) is 5.41 Å². The van der Waals surface area contributed by atoms with Crippen LogP contribution in [-0.4, -0.2) is 24.2 Å². The van der Waals surface area contributed by atoms with Gasteiger partial charge < -0.3 is 16.2 Å². The third-order valence-corrected chi connectivity index (χ3v) is 3.12. The Balaban J connectivity index is 2.37. The number of carbonyl (C=O) groups is 1. The van der Waals surface area contributed by atoms with E-state index in [1.54, 1.807) is 12.1 Å². The summed E-state index contributed by atoms with van der Waals surface area (Å²) in [5, 5.41) is 11.8. The Hall–Kier alpha value is -1.55. The maximum Gasteiger partial charge on any atom is 0.224 e. The highest BCUT2D eigenvalue weighted by molar-refractivity contribution is 5.78. The molecule has 4 heteroatoms. The SMILES string of the molecule is CC(C)(CCCO)CNC(=O)Cc1ccc(N)cc1. The Labute approximate surface area is 115 Å². The molecule has 0 bridgehead atoms. The van der Waals surface area contributed by atoms with Crippen molar-refractivity contribution in [2.75, 3.05) is 18.9 Å². The lowest BCUT2D eigenvalue weighted by atomic mass is 9.88. The van der Waals surface area contributed by atoms with Gasteiger partial charge in [-0.2, -0.15) is 0 Å². The Bertz CT molecular complexity index is 399. The summed E-state index contributed by atoms with van der Waals surface area (Å²) in [5.41, 5.74) is 7.27. The molecule has 0 unspecified atom stereocenters. The molecule has 0 aromatic heterocycles. The normalized spacial score (nSPS) is 11.3. The number of rotatable bonds is 7. The minimum atomic E-state index is 0.0134. The van der Waals surface area contributed by atoms with Crippen molar-refractivity contribution in [3.05, 3.63) is 29.8 Å². The molecule has 106 valence electrons. The van der Waals surface area contributed by atoms with Crippen molar-refractivity contribution in [2.45, 2.75) is 33.1 Å². The van der Waals surface area contributed by atoms with Gasteiger partial charge in [-0.05, 0) is 36.0 Å². The minimum absolute atomic E-state index is 0.0134. The van der Waals surface area contributed by atoms with Crippen molar-refractivity contribution >= 4 is 11.6 Å². The van der Waals surface area contributed by atoms with Gasteiger partial charge >= 0.3 is 0 Å². The van der Waals surface area contributed by atoms with E-state index in [1.807, 2.05) is 12.1 Å². The van der Waals surface area contributed by atoms with Crippen LogP contribution in [0.25, 0.3) is 0 Å². The lowest BCUT2D eigenvalue weighted by molar-refractivity contribution is -0.120. The van der Waals surface area contributed by atoms with Crippen LogP contribution in [0.4, 0.5) is 5.69 Å². The average Bonchev–Trinajstić information content (AvgIpc) is 2.37. The predicted octanol–water partition coefficient (Wildman–Crippen LogP) is 1.73. The molecule has 1 amide bonds. The van der Waals surface area contributed by atoms with Crippen LogP contribution in [0.15, 0.2) is 24.3 Å². The second-order valence-corrected chi connectivity index (χ2v) is 5.69. The van der Waals surface area contributed by atoms with Gasteiger partial charge in [-0.3, -0.25) is 4.79 Å². The first kappa shape index (κ1) is 15.5. The molecule has 0 spiro atoms. The van der Waals surface area contributed by atoms with Crippen molar-refractivity contribution in [3.8, 4) is 0 Å². The molecule has 0 atom stereocenters. The maximum absolute atomic E-state index is 11.8. The van der Waals surface area contributed by atoms with E-state index in [9.17, 15) is 4.79 Å².